The maximum Gasteiger partial charge on any atom is 0.254 e. The molecular weight excluding hydrogens is 248 g/mol. The zero-order valence-electron chi connectivity index (χ0n) is 12.2. The van der Waals surface area contributed by atoms with E-state index in [1.165, 1.54) is 5.56 Å². The van der Waals surface area contributed by atoms with E-state index in [0.29, 0.717) is 17.8 Å². The smallest absolute Gasteiger partial charge is 0.254 e. The van der Waals surface area contributed by atoms with Crippen molar-refractivity contribution in [2.45, 2.75) is 20.4 Å². The number of carbonyl (C=O) groups excluding carboxylic acids is 1. The van der Waals surface area contributed by atoms with E-state index in [0.717, 1.165) is 11.1 Å². The van der Waals surface area contributed by atoms with E-state index < -0.39 is 0 Å². The second kappa shape index (κ2) is 5.78. The number of nitrogens with two attached hydrogens (primary N) is 1. The first-order chi connectivity index (χ1) is 9.49. The van der Waals surface area contributed by atoms with E-state index in [-0.39, 0.29) is 5.91 Å². The van der Waals surface area contributed by atoms with Gasteiger partial charge in [0.2, 0.25) is 0 Å². The van der Waals surface area contributed by atoms with Crippen LogP contribution in [0.3, 0.4) is 0 Å². The molecule has 2 rings (SSSR count). The molecule has 2 N–H and O–H groups in total. The van der Waals surface area contributed by atoms with Crippen LogP contribution in [-0.2, 0) is 6.54 Å². The Morgan fingerprint density at radius 3 is 2.55 bits per heavy atom. The maximum atomic E-state index is 12.5. The average molecular weight is 268 g/mol. The summed E-state index contributed by atoms with van der Waals surface area (Å²) >= 11 is 0. The predicted molar refractivity (Wildman–Crippen MR) is 82.6 cm³/mol. The van der Waals surface area contributed by atoms with Crippen LogP contribution < -0.4 is 5.73 Å². The first kappa shape index (κ1) is 14.1. The lowest BCUT2D eigenvalue weighted by Gasteiger charge is -2.19. The van der Waals surface area contributed by atoms with Crippen LogP contribution >= 0.6 is 0 Å². The van der Waals surface area contributed by atoms with Gasteiger partial charge in [-0.2, -0.15) is 0 Å². The summed E-state index contributed by atoms with van der Waals surface area (Å²) in [5.74, 6) is -0.00342. The van der Waals surface area contributed by atoms with E-state index in [1.54, 1.807) is 4.90 Å². The molecule has 0 unspecified atom stereocenters. The summed E-state index contributed by atoms with van der Waals surface area (Å²) in [6.45, 7) is 4.52. The summed E-state index contributed by atoms with van der Waals surface area (Å²) < 4.78 is 0. The predicted octanol–water partition coefficient (Wildman–Crippen LogP) is 3.16. The second-order valence-corrected chi connectivity index (χ2v) is 5.17. The fourth-order valence-corrected chi connectivity index (χ4v) is 2.25. The van der Waals surface area contributed by atoms with Crippen LogP contribution in [0.25, 0.3) is 0 Å². The first-order valence-electron chi connectivity index (χ1n) is 6.65. The monoisotopic (exact) mass is 268 g/mol. The zero-order chi connectivity index (χ0) is 14.7. The molecule has 0 heterocycles. The summed E-state index contributed by atoms with van der Waals surface area (Å²) in [5.41, 5.74) is 10.3. The SMILES string of the molecule is Cc1cccc(CN(C)C(=O)c2cccc(N)c2C)c1. The van der Waals surface area contributed by atoms with E-state index in [2.05, 4.69) is 6.07 Å². The highest BCUT2D eigenvalue weighted by Crippen LogP contribution is 2.18. The number of nitrogen functional groups attached to an aromatic ring is 1. The van der Waals surface area contributed by atoms with Crippen molar-refractivity contribution in [1.82, 2.24) is 4.90 Å². The van der Waals surface area contributed by atoms with Crippen LogP contribution in [0.5, 0.6) is 0 Å². The fourth-order valence-electron chi connectivity index (χ4n) is 2.25. The minimum atomic E-state index is -0.00342. The van der Waals surface area contributed by atoms with Gasteiger partial charge in [0.25, 0.3) is 5.91 Å². The standard InChI is InChI=1S/C17H20N2O/c1-12-6-4-7-14(10-12)11-19(3)17(20)15-8-5-9-16(18)13(15)2/h4-10H,11,18H2,1-3H3. The van der Waals surface area contributed by atoms with Gasteiger partial charge in [0, 0.05) is 24.8 Å². The molecule has 0 aliphatic rings. The number of benzene rings is 2. The number of rotatable bonds is 3. The summed E-state index contributed by atoms with van der Waals surface area (Å²) in [5, 5.41) is 0. The molecule has 3 nitrogen and oxygen atoms in total. The van der Waals surface area contributed by atoms with Crippen LogP contribution in [-0.4, -0.2) is 17.9 Å². The van der Waals surface area contributed by atoms with E-state index >= 15 is 0 Å². The number of amides is 1. The zero-order valence-corrected chi connectivity index (χ0v) is 12.2. The van der Waals surface area contributed by atoms with Crippen molar-refractivity contribution in [1.29, 1.82) is 0 Å². The third-order valence-electron chi connectivity index (χ3n) is 3.46. The van der Waals surface area contributed by atoms with Gasteiger partial charge >= 0.3 is 0 Å². The van der Waals surface area contributed by atoms with Crippen molar-refractivity contribution < 1.29 is 4.79 Å². The molecule has 1 amide bonds. The lowest BCUT2D eigenvalue weighted by Crippen LogP contribution is -2.27. The number of hydrogen-bond donors (Lipinski definition) is 1. The second-order valence-electron chi connectivity index (χ2n) is 5.17. The Labute approximate surface area is 120 Å². The highest BCUT2D eigenvalue weighted by molar-refractivity contribution is 5.96. The maximum absolute atomic E-state index is 12.5. The molecule has 104 valence electrons. The minimum absolute atomic E-state index is 0.00342. The summed E-state index contributed by atoms with van der Waals surface area (Å²) in [7, 11) is 1.81. The van der Waals surface area contributed by atoms with Crippen LogP contribution in [0.15, 0.2) is 42.5 Å². The number of aryl methyl sites for hydroxylation is 1. The van der Waals surface area contributed by atoms with Gasteiger partial charge in [0.05, 0.1) is 0 Å². The molecule has 0 aliphatic heterocycles. The summed E-state index contributed by atoms with van der Waals surface area (Å²) in [6, 6.07) is 13.6. The molecular formula is C17H20N2O. The van der Waals surface area contributed by atoms with Gasteiger partial charge in [-0.05, 0) is 37.1 Å². The quantitative estimate of drug-likeness (QED) is 0.869. The topological polar surface area (TPSA) is 46.3 Å². The number of hydrogen-bond acceptors (Lipinski definition) is 2. The first-order valence-corrected chi connectivity index (χ1v) is 6.65. The number of nitrogens with zero attached hydrogens (tertiary/aromatic N) is 1. The van der Waals surface area contributed by atoms with Crippen LogP contribution in [0, 0.1) is 13.8 Å². The van der Waals surface area contributed by atoms with Gasteiger partial charge in [-0.1, -0.05) is 35.9 Å². The molecule has 0 spiro atoms. The molecule has 0 saturated carbocycles. The third-order valence-corrected chi connectivity index (χ3v) is 3.46. The largest absolute Gasteiger partial charge is 0.398 e. The van der Waals surface area contributed by atoms with Gasteiger partial charge in [-0.15, -0.1) is 0 Å². The normalized spacial score (nSPS) is 10.3. The van der Waals surface area contributed by atoms with Crippen LogP contribution in [0.1, 0.15) is 27.0 Å². The Morgan fingerprint density at radius 2 is 1.85 bits per heavy atom. The molecule has 20 heavy (non-hydrogen) atoms. The molecule has 0 saturated heterocycles. The van der Waals surface area contributed by atoms with Gasteiger partial charge in [-0.25, -0.2) is 0 Å². The van der Waals surface area contributed by atoms with Crippen molar-refractivity contribution in [2.75, 3.05) is 12.8 Å². The fraction of sp³-hybridized carbons (Fsp3) is 0.235. The summed E-state index contributed by atoms with van der Waals surface area (Å²) in [4.78, 5) is 14.2. The number of carbonyl (C=O) groups is 1. The van der Waals surface area contributed by atoms with E-state index in [1.807, 2.05) is 57.3 Å². The van der Waals surface area contributed by atoms with Gasteiger partial charge in [0.1, 0.15) is 0 Å². The molecule has 3 heteroatoms. The van der Waals surface area contributed by atoms with Crippen molar-refractivity contribution in [3.05, 3.63) is 64.7 Å². The lowest BCUT2D eigenvalue weighted by molar-refractivity contribution is 0.0784. The van der Waals surface area contributed by atoms with Crippen molar-refractivity contribution in [3.63, 3.8) is 0 Å². The van der Waals surface area contributed by atoms with Crippen molar-refractivity contribution >= 4 is 11.6 Å². The molecule has 0 bridgehead atoms. The lowest BCUT2D eigenvalue weighted by atomic mass is 10.1. The van der Waals surface area contributed by atoms with Gasteiger partial charge < -0.3 is 10.6 Å². The van der Waals surface area contributed by atoms with Gasteiger partial charge in [-0.3, -0.25) is 4.79 Å². The molecule has 0 aliphatic carbocycles. The van der Waals surface area contributed by atoms with E-state index in [9.17, 15) is 4.79 Å². The van der Waals surface area contributed by atoms with Crippen LogP contribution in [0.4, 0.5) is 5.69 Å². The third kappa shape index (κ3) is 2.99. The van der Waals surface area contributed by atoms with Crippen molar-refractivity contribution in [2.24, 2.45) is 0 Å². The average Bonchev–Trinajstić information content (AvgIpc) is 2.41. The molecule has 0 aromatic heterocycles. The van der Waals surface area contributed by atoms with Crippen molar-refractivity contribution in [3.8, 4) is 0 Å². The minimum Gasteiger partial charge on any atom is -0.398 e. The molecule has 2 aromatic rings. The molecule has 0 atom stereocenters. The molecule has 0 radical (unpaired) electrons. The van der Waals surface area contributed by atoms with E-state index in [4.69, 9.17) is 5.73 Å². The highest BCUT2D eigenvalue weighted by atomic mass is 16.2. The Hall–Kier alpha value is -2.29. The molecule has 0 fully saturated rings. The Kier molecular flexibility index (Phi) is 4.08. The van der Waals surface area contributed by atoms with Gasteiger partial charge in [0.15, 0.2) is 0 Å². The highest BCUT2D eigenvalue weighted by Gasteiger charge is 2.15. The Morgan fingerprint density at radius 1 is 1.15 bits per heavy atom. The number of anilines is 1. The molecule has 2 aromatic carbocycles. The Balaban J connectivity index is 2.19. The van der Waals surface area contributed by atoms with Crippen LogP contribution in [0.2, 0.25) is 0 Å². The Bertz CT molecular complexity index is 635. The summed E-state index contributed by atoms with van der Waals surface area (Å²) in [6.07, 6.45) is 0.